The molecule has 0 saturated heterocycles. The maximum atomic E-state index is 12.8. The van der Waals surface area contributed by atoms with Crippen molar-refractivity contribution in [2.24, 2.45) is 0 Å². The van der Waals surface area contributed by atoms with Crippen LogP contribution in [0.5, 0.6) is 0 Å². The minimum Gasteiger partial charge on any atom is -0.460 e. The third-order valence-electron chi connectivity index (χ3n) is 3.19. The molecule has 0 heterocycles. The molecular formula is C15H13F3O3. The summed E-state index contributed by atoms with van der Waals surface area (Å²) in [4.78, 5) is 23.5. The van der Waals surface area contributed by atoms with Gasteiger partial charge in [0.25, 0.3) is 5.78 Å². The number of aryl methyl sites for hydroxylation is 1. The highest BCUT2D eigenvalue weighted by Crippen LogP contribution is 2.35. The Morgan fingerprint density at radius 1 is 1.29 bits per heavy atom. The van der Waals surface area contributed by atoms with Gasteiger partial charge in [0.1, 0.15) is 0 Å². The number of carbonyl (C=O) groups is 2. The Morgan fingerprint density at radius 2 is 2.00 bits per heavy atom. The van der Waals surface area contributed by atoms with E-state index < -0.39 is 23.5 Å². The van der Waals surface area contributed by atoms with Gasteiger partial charge in [-0.25, -0.2) is 4.79 Å². The molecule has 6 heteroatoms. The van der Waals surface area contributed by atoms with Gasteiger partial charge in [0.2, 0.25) is 0 Å². The predicted octanol–water partition coefficient (Wildman–Crippen LogP) is 3.17. The lowest BCUT2D eigenvalue weighted by atomic mass is 9.87. The Labute approximate surface area is 119 Å². The molecule has 1 aliphatic rings. The Morgan fingerprint density at radius 3 is 2.62 bits per heavy atom. The zero-order valence-electron chi connectivity index (χ0n) is 11.3. The second-order valence-corrected chi connectivity index (χ2v) is 4.58. The van der Waals surface area contributed by atoms with Gasteiger partial charge >= 0.3 is 12.1 Å². The van der Waals surface area contributed by atoms with Gasteiger partial charge in [-0.3, -0.25) is 4.79 Å². The van der Waals surface area contributed by atoms with Crippen molar-refractivity contribution in [1.29, 1.82) is 0 Å². The molecule has 0 aliphatic heterocycles. The predicted molar refractivity (Wildman–Crippen MR) is 69.4 cm³/mol. The van der Waals surface area contributed by atoms with Crippen molar-refractivity contribution in [3.8, 4) is 0 Å². The third-order valence-corrected chi connectivity index (χ3v) is 3.19. The quantitative estimate of drug-likeness (QED) is 0.636. The zero-order valence-corrected chi connectivity index (χ0v) is 11.3. The normalized spacial score (nSPS) is 14.2. The van der Waals surface area contributed by atoms with Crippen LogP contribution >= 0.6 is 0 Å². The van der Waals surface area contributed by atoms with Gasteiger partial charge in [-0.1, -0.05) is 12.1 Å². The average Bonchev–Trinajstić information content (AvgIpc) is 2.44. The average molecular weight is 298 g/mol. The lowest BCUT2D eigenvalue weighted by molar-refractivity contribution is -0.150. The molecule has 0 atom stereocenters. The van der Waals surface area contributed by atoms with Crippen LogP contribution in [0.25, 0.3) is 5.57 Å². The van der Waals surface area contributed by atoms with Gasteiger partial charge in [0, 0.05) is 5.57 Å². The van der Waals surface area contributed by atoms with Crippen LogP contribution in [0.1, 0.15) is 30.0 Å². The molecule has 112 valence electrons. The standard InChI is InChI=1S/C15H13F3O3/c1-2-21-14(20)13(19)11-5-3-4-9-6-7-10(8-12(9)11)15(16,17)18/h5-8H,2-4H2,1H3. The highest BCUT2D eigenvalue weighted by Gasteiger charge is 2.33. The SMILES string of the molecule is CCOC(=O)C(=O)C1=CCCc2ccc(C(F)(F)F)cc21. The number of hydrogen-bond acceptors (Lipinski definition) is 3. The molecular weight excluding hydrogens is 285 g/mol. The fraction of sp³-hybridized carbons (Fsp3) is 0.333. The van der Waals surface area contributed by atoms with Crippen molar-refractivity contribution in [3.05, 3.63) is 41.0 Å². The molecule has 0 radical (unpaired) electrons. The van der Waals surface area contributed by atoms with Crippen molar-refractivity contribution in [2.45, 2.75) is 25.9 Å². The molecule has 0 aromatic heterocycles. The van der Waals surface area contributed by atoms with Crippen LogP contribution in [-0.2, 0) is 26.9 Å². The summed E-state index contributed by atoms with van der Waals surface area (Å²) in [6.45, 7) is 1.59. The second-order valence-electron chi connectivity index (χ2n) is 4.58. The van der Waals surface area contributed by atoms with Gasteiger partial charge in [0.05, 0.1) is 12.2 Å². The second kappa shape index (κ2) is 5.71. The molecule has 2 rings (SSSR count). The van der Waals surface area contributed by atoms with E-state index in [1.807, 2.05) is 0 Å². The number of alkyl halides is 3. The summed E-state index contributed by atoms with van der Waals surface area (Å²) < 4.78 is 42.9. The van der Waals surface area contributed by atoms with E-state index in [1.54, 1.807) is 6.92 Å². The number of fused-ring (bicyclic) bond motifs is 1. The fourth-order valence-corrected chi connectivity index (χ4v) is 2.23. The molecule has 0 fully saturated rings. The molecule has 0 unspecified atom stereocenters. The maximum absolute atomic E-state index is 12.8. The molecule has 21 heavy (non-hydrogen) atoms. The van der Waals surface area contributed by atoms with Gasteiger partial charge in [-0.05, 0) is 43.0 Å². The number of carbonyl (C=O) groups excluding carboxylic acids is 2. The Kier molecular flexibility index (Phi) is 4.16. The summed E-state index contributed by atoms with van der Waals surface area (Å²) in [6, 6.07) is 3.25. The number of ether oxygens (including phenoxy) is 1. The maximum Gasteiger partial charge on any atom is 0.416 e. The highest BCUT2D eigenvalue weighted by atomic mass is 19.4. The molecule has 0 spiro atoms. The van der Waals surface area contributed by atoms with Crippen molar-refractivity contribution in [2.75, 3.05) is 6.61 Å². The Bertz CT molecular complexity index is 615. The molecule has 0 N–H and O–H groups in total. The summed E-state index contributed by atoms with van der Waals surface area (Å²) in [7, 11) is 0. The summed E-state index contributed by atoms with van der Waals surface area (Å²) in [5.74, 6) is -1.95. The number of allylic oxidation sites excluding steroid dienone is 1. The number of halogens is 3. The summed E-state index contributed by atoms with van der Waals surface area (Å²) >= 11 is 0. The first-order chi connectivity index (χ1) is 9.84. The highest BCUT2D eigenvalue weighted by molar-refractivity contribution is 6.51. The van der Waals surface area contributed by atoms with E-state index in [4.69, 9.17) is 0 Å². The van der Waals surface area contributed by atoms with Crippen LogP contribution in [0.3, 0.4) is 0 Å². The Hall–Kier alpha value is -2.11. The molecule has 0 saturated carbocycles. The van der Waals surface area contributed by atoms with Crippen LogP contribution < -0.4 is 0 Å². The van der Waals surface area contributed by atoms with Crippen LogP contribution in [0, 0.1) is 0 Å². The number of esters is 1. The smallest absolute Gasteiger partial charge is 0.416 e. The lowest BCUT2D eigenvalue weighted by Gasteiger charge is -2.18. The molecule has 1 aliphatic carbocycles. The fourth-order valence-electron chi connectivity index (χ4n) is 2.23. The monoisotopic (exact) mass is 298 g/mol. The molecule has 1 aromatic rings. The summed E-state index contributed by atoms with van der Waals surface area (Å²) in [5.41, 5.74) is -0.0706. The number of hydrogen-bond donors (Lipinski definition) is 0. The number of benzene rings is 1. The summed E-state index contributed by atoms with van der Waals surface area (Å²) in [5, 5.41) is 0. The summed E-state index contributed by atoms with van der Waals surface area (Å²) in [6.07, 6.45) is -1.97. The van der Waals surface area contributed by atoms with Crippen molar-refractivity contribution >= 4 is 17.3 Å². The third kappa shape index (κ3) is 3.15. The van der Waals surface area contributed by atoms with E-state index >= 15 is 0 Å². The topological polar surface area (TPSA) is 43.4 Å². The molecule has 1 aromatic carbocycles. The first kappa shape index (κ1) is 15.3. The Balaban J connectivity index is 2.42. The number of ketones is 1. The van der Waals surface area contributed by atoms with E-state index in [2.05, 4.69) is 4.74 Å². The number of rotatable bonds is 3. The molecule has 0 amide bonds. The minimum atomic E-state index is -4.50. The van der Waals surface area contributed by atoms with Gasteiger partial charge < -0.3 is 4.74 Å². The van der Waals surface area contributed by atoms with Crippen LogP contribution in [0.15, 0.2) is 24.3 Å². The minimum absolute atomic E-state index is 0.0131. The van der Waals surface area contributed by atoms with E-state index in [0.29, 0.717) is 18.4 Å². The van der Waals surface area contributed by atoms with Gasteiger partial charge in [-0.15, -0.1) is 0 Å². The van der Waals surface area contributed by atoms with Crippen molar-refractivity contribution in [3.63, 3.8) is 0 Å². The van der Waals surface area contributed by atoms with E-state index in [-0.39, 0.29) is 17.7 Å². The van der Waals surface area contributed by atoms with E-state index in [0.717, 1.165) is 12.1 Å². The first-order valence-corrected chi connectivity index (χ1v) is 6.46. The van der Waals surface area contributed by atoms with E-state index in [1.165, 1.54) is 12.1 Å². The first-order valence-electron chi connectivity index (χ1n) is 6.46. The van der Waals surface area contributed by atoms with Crippen LogP contribution in [-0.4, -0.2) is 18.4 Å². The molecule has 3 nitrogen and oxygen atoms in total. The van der Waals surface area contributed by atoms with Crippen molar-refractivity contribution in [1.82, 2.24) is 0 Å². The van der Waals surface area contributed by atoms with Crippen LogP contribution in [0.2, 0.25) is 0 Å². The number of Topliss-reactive ketones (excluding diaryl/α,β-unsaturated/α-hetero) is 1. The van der Waals surface area contributed by atoms with Gasteiger partial charge in [0.15, 0.2) is 0 Å². The van der Waals surface area contributed by atoms with E-state index in [9.17, 15) is 22.8 Å². The zero-order chi connectivity index (χ0) is 15.6. The van der Waals surface area contributed by atoms with Crippen LogP contribution in [0.4, 0.5) is 13.2 Å². The van der Waals surface area contributed by atoms with Crippen molar-refractivity contribution < 1.29 is 27.5 Å². The van der Waals surface area contributed by atoms with Gasteiger partial charge in [-0.2, -0.15) is 13.2 Å². The largest absolute Gasteiger partial charge is 0.460 e. The molecule has 0 bridgehead atoms. The lowest BCUT2D eigenvalue weighted by Crippen LogP contribution is -2.21.